The third-order valence-electron chi connectivity index (χ3n) is 3.55. The molecule has 0 aromatic heterocycles. The van der Waals surface area contributed by atoms with Crippen molar-refractivity contribution >= 4 is 52.1 Å². The number of amides is 1. The Labute approximate surface area is 151 Å². The number of carbonyl (C=O) groups excluding carboxylic acids is 1. The van der Waals surface area contributed by atoms with Gasteiger partial charge in [-0.25, -0.2) is 0 Å². The van der Waals surface area contributed by atoms with E-state index in [0.29, 0.717) is 21.3 Å². The Morgan fingerprint density at radius 2 is 1.70 bits per heavy atom. The van der Waals surface area contributed by atoms with Gasteiger partial charge in [0.05, 0.1) is 15.7 Å². The van der Waals surface area contributed by atoms with Gasteiger partial charge in [0.2, 0.25) is 5.91 Å². The number of hydrogen-bond donors (Lipinski definition) is 0. The number of anilines is 1. The van der Waals surface area contributed by atoms with Gasteiger partial charge in [-0.05, 0) is 42.7 Å². The van der Waals surface area contributed by atoms with Crippen molar-refractivity contribution in [3.05, 3.63) is 69.7 Å². The fourth-order valence-corrected chi connectivity index (χ4v) is 2.85. The molecule has 1 amide bonds. The van der Waals surface area contributed by atoms with Crippen molar-refractivity contribution in [2.75, 3.05) is 10.8 Å². The Morgan fingerprint density at radius 1 is 1.09 bits per heavy atom. The van der Waals surface area contributed by atoms with E-state index in [-0.39, 0.29) is 11.8 Å². The summed E-state index contributed by atoms with van der Waals surface area (Å²) in [5, 5.41) is 0.857. The SMILES string of the molecule is C=C(c1ccc(Cl)c(Cl)c1)N(C(=O)CCl)c1c(C)cccc1C. The molecule has 2 rings (SSSR count). The molecule has 0 fully saturated rings. The Bertz CT molecular complexity index is 751. The lowest BCUT2D eigenvalue weighted by molar-refractivity contribution is -0.115. The molecule has 0 spiro atoms. The maximum Gasteiger partial charge on any atom is 0.246 e. The molecule has 0 aliphatic carbocycles. The second-order valence-corrected chi connectivity index (χ2v) is 6.26. The summed E-state index contributed by atoms with van der Waals surface area (Å²) < 4.78 is 0. The minimum absolute atomic E-state index is 0.145. The molecule has 120 valence electrons. The lowest BCUT2D eigenvalue weighted by atomic mass is 10.0. The minimum Gasteiger partial charge on any atom is -0.279 e. The van der Waals surface area contributed by atoms with E-state index in [4.69, 9.17) is 34.8 Å². The third-order valence-corrected chi connectivity index (χ3v) is 4.52. The number of nitrogens with zero attached hydrogens (tertiary/aromatic N) is 1. The fourth-order valence-electron chi connectivity index (χ4n) is 2.43. The highest BCUT2D eigenvalue weighted by Gasteiger charge is 2.22. The number of para-hydroxylation sites is 1. The maximum absolute atomic E-state index is 12.5. The molecule has 0 N–H and O–H groups in total. The van der Waals surface area contributed by atoms with Crippen molar-refractivity contribution in [3.8, 4) is 0 Å². The predicted octanol–water partition coefficient (Wildman–Crippen LogP) is 5.85. The van der Waals surface area contributed by atoms with Crippen LogP contribution in [0, 0.1) is 13.8 Å². The zero-order chi connectivity index (χ0) is 17.1. The normalized spacial score (nSPS) is 10.5. The van der Waals surface area contributed by atoms with Crippen molar-refractivity contribution in [2.24, 2.45) is 0 Å². The summed E-state index contributed by atoms with van der Waals surface area (Å²) in [5.41, 5.74) is 3.93. The molecule has 2 aromatic rings. The summed E-state index contributed by atoms with van der Waals surface area (Å²) in [5.74, 6) is -0.395. The van der Waals surface area contributed by atoms with E-state index in [1.807, 2.05) is 32.0 Å². The molecule has 0 unspecified atom stereocenters. The molecule has 0 aliphatic heterocycles. The number of rotatable bonds is 4. The van der Waals surface area contributed by atoms with Gasteiger partial charge in [-0.3, -0.25) is 9.69 Å². The van der Waals surface area contributed by atoms with Crippen LogP contribution in [0.1, 0.15) is 16.7 Å². The maximum atomic E-state index is 12.5. The van der Waals surface area contributed by atoms with Crippen LogP contribution in [0.15, 0.2) is 43.0 Å². The average molecular weight is 369 g/mol. The number of benzene rings is 2. The van der Waals surface area contributed by atoms with Crippen LogP contribution in [-0.4, -0.2) is 11.8 Å². The molecule has 5 heteroatoms. The monoisotopic (exact) mass is 367 g/mol. The molecule has 2 aromatic carbocycles. The van der Waals surface area contributed by atoms with Gasteiger partial charge in [-0.15, -0.1) is 11.6 Å². The van der Waals surface area contributed by atoms with Gasteiger partial charge in [0.1, 0.15) is 5.88 Å². The molecule has 0 atom stereocenters. The highest BCUT2D eigenvalue weighted by atomic mass is 35.5. The summed E-state index contributed by atoms with van der Waals surface area (Å²) in [6.45, 7) is 7.96. The third kappa shape index (κ3) is 3.72. The standard InChI is InChI=1S/C18H16Cl3NO/c1-11-5-4-6-12(2)18(11)22(17(23)10-19)13(3)14-7-8-15(20)16(21)9-14/h4-9H,3,10H2,1-2H3. The van der Waals surface area contributed by atoms with Crippen LogP contribution in [0.2, 0.25) is 10.0 Å². The van der Waals surface area contributed by atoms with Gasteiger partial charge < -0.3 is 0 Å². The second kappa shape index (κ2) is 7.39. The highest BCUT2D eigenvalue weighted by molar-refractivity contribution is 6.42. The molecular formula is C18H16Cl3NO. The Hall–Kier alpha value is -1.48. The van der Waals surface area contributed by atoms with Crippen molar-refractivity contribution in [1.82, 2.24) is 0 Å². The summed E-state index contributed by atoms with van der Waals surface area (Å²) in [7, 11) is 0. The molecule has 2 nitrogen and oxygen atoms in total. The molecule has 0 bridgehead atoms. The number of aryl methyl sites for hydroxylation is 2. The summed E-state index contributed by atoms with van der Waals surface area (Å²) >= 11 is 17.9. The molecule has 23 heavy (non-hydrogen) atoms. The van der Waals surface area contributed by atoms with Crippen LogP contribution in [0.25, 0.3) is 5.70 Å². The molecule has 0 radical (unpaired) electrons. The lowest BCUT2D eigenvalue weighted by Crippen LogP contribution is -2.31. The first-order chi connectivity index (χ1) is 10.9. The average Bonchev–Trinajstić information content (AvgIpc) is 2.52. The van der Waals surface area contributed by atoms with E-state index < -0.39 is 0 Å². The summed E-state index contributed by atoms with van der Waals surface area (Å²) in [4.78, 5) is 14.0. The van der Waals surface area contributed by atoms with E-state index in [1.165, 1.54) is 4.90 Å². The van der Waals surface area contributed by atoms with Crippen molar-refractivity contribution in [2.45, 2.75) is 13.8 Å². The molecule has 0 saturated heterocycles. The quantitative estimate of drug-likeness (QED) is 0.620. The summed E-state index contributed by atoms with van der Waals surface area (Å²) in [6, 6.07) is 11.0. The smallest absolute Gasteiger partial charge is 0.246 e. The number of hydrogen-bond acceptors (Lipinski definition) is 1. The van der Waals surface area contributed by atoms with Gasteiger partial charge >= 0.3 is 0 Å². The molecule has 0 aliphatic rings. The van der Waals surface area contributed by atoms with Crippen molar-refractivity contribution < 1.29 is 4.79 Å². The van der Waals surface area contributed by atoms with Crippen LogP contribution < -0.4 is 4.90 Å². The first-order valence-corrected chi connectivity index (χ1v) is 8.25. The fraction of sp³-hybridized carbons (Fsp3) is 0.167. The highest BCUT2D eigenvalue weighted by Crippen LogP contribution is 2.33. The van der Waals surface area contributed by atoms with E-state index in [9.17, 15) is 4.79 Å². The molecular weight excluding hydrogens is 353 g/mol. The zero-order valence-corrected chi connectivity index (χ0v) is 15.1. The zero-order valence-electron chi connectivity index (χ0n) is 12.9. The van der Waals surface area contributed by atoms with Gasteiger partial charge in [0, 0.05) is 5.70 Å². The van der Waals surface area contributed by atoms with Crippen LogP contribution in [0.5, 0.6) is 0 Å². The van der Waals surface area contributed by atoms with Gasteiger partial charge in [0.15, 0.2) is 0 Å². The first kappa shape index (κ1) is 17.9. The van der Waals surface area contributed by atoms with Crippen LogP contribution >= 0.6 is 34.8 Å². The number of carbonyl (C=O) groups is 1. The van der Waals surface area contributed by atoms with E-state index >= 15 is 0 Å². The summed E-state index contributed by atoms with van der Waals surface area (Å²) in [6.07, 6.45) is 0. The first-order valence-electron chi connectivity index (χ1n) is 6.96. The minimum atomic E-state index is -0.250. The van der Waals surface area contributed by atoms with Gasteiger partial charge in [-0.1, -0.05) is 54.0 Å². The topological polar surface area (TPSA) is 20.3 Å². The Morgan fingerprint density at radius 3 is 2.22 bits per heavy atom. The van der Waals surface area contributed by atoms with E-state index in [2.05, 4.69) is 6.58 Å². The van der Waals surface area contributed by atoms with Crippen LogP contribution in [0.4, 0.5) is 5.69 Å². The van der Waals surface area contributed by atoms with Crippen LogP contribution in [-0.2, 0) is 4.79 Å². The Balaban J connectivity index is 2.57. The molecule has 0 saturated carbocycles. The van der Waals surface area contributed by atoms with Crippen molar-refractivity contribution in [1.29, 1.82) is 0 Å². The largest absolute Gasteiger partial charge is 0.279 e. The van der Waals surface area contributed by atoms with Gasteiger partial charge in [-0.2, -0.15) is 0 Å². The number of alkyl halides is 1. The number of halogens is 3. The van der Waals surface area contributed by atoms with E-state index in [0.717, 1.165) is 16.8 Å². The van der Waals surface area contributed by atoms with E-state index in [1.54, 1.807) is 18.2 Å². The Kier molecular flexibility index (Phi) is 5.74. The van der Waals surface area contributed by atoms with Crippen LogP contribution in [0.3, 0.4) is 0 Å². The molecule has 0 heterocycles. The van der Waals surface area contributed by atoms with Gasteiger partial charge in [0.25, 0.3) is 0 Å². The second-order valence-electron chi connectivity index (χ2n) is 5.18. The predicted molar refractivity (Wildman–Crippen MR) is 99.6 cm³/mol. The van der Waals surface area contributed by atoms with Crippen molar-refractivity contribution in [3.63, 3.8) is 0 Å². The lowest BCUT2D eigenvalue weighted by Gasteiger charge is -2.27.